The molecule has 33 heavy (non-hydrogen) atoms. The molecule has 0 aliphatic heterocycles. The Bertz CT molecular complexity index is 1530. The number of rotatable bonds is 7. The van der Waals surface area contributed by atoms with Gasteiger partial charge in [-0.25, -0.2) is 8.42 Å². The van der Waals surface area contributed by atoms with E-state index in [9.17, 15) is 18.0 Å². The van der Waals surface area contributed by atoms with Gasteiger partial charge in [-0.15, -0.1) is 11.3 Å². The van der Waals surface area contributed by atoms with Gasteiger partial charge in [0.2, 0.25) is 0 Å². The van der Waals surface area contributed by atoms with Crippen LogP contribution >= 0.6 is 23.6 Å². The Balaban J connectivity index is 1.37. The first-order valence-electron chi connectivity index (χ1n) is 10.1. The van der Waals surface area contributed by atoms with Crippen LogP contribution in [0, 0.1) is 4.77 Å². The molecular formula is C23H21N3O4S3. The first-order chi connectivity index (χ1) is 15.7. The molecule has 0 radical (unpaired) electrons. The van der Waals surface area contributed by atoms with E-state index in [-0.39, 0.29) is 16.4 Å². The van der Waals surface area contributed by atoms with E-state index in [0.717, 1.165) is 16.6 Å². The maximum absolute atomic E-state index is 12.7. The van der Waals surface area contributed by atoms with E-state index in [1.807, 2.05) is 11.4 Å². The minimum atomic E-state index is -3.22. The van der Waals surface area contributed by atoms with Gasteiger partial charge in [0, 0.05) is 18.4 Å². The van der Waals surface area contributed by atoms with Gasteiger partial charge in [0.15, 0.2) is 14.6 Å². The molecule has 4 rings (SSSR count). The summed E-state index contributed by atoms with van der Waals surface area (Å²) >= 11 is 6.70. The fourth-order valence-electron chi connectivity index (χ4n) is 3.38. The lowest BCUT2D eigenvalue weighted by Crippen LogP contribution is -2.25. The molecule has 2 heterocycles. The highest BCUT2D eigenvalue weighted by molar-refractivity contribution is 7.90. The van der Waals surface area contributed by atoms with E-state index in [1.165, 1.54) is 22.2 Å². The lowest BCUT2D eigenvalue weighted by molar-refractivity contribution is 0.0954. The number of aromatic nitrogens is 2. The van der Waals surface area contributed by atoms with Crippen molar-refractivity contribution in [3.05, 3.63) is 91.8 Å². The number of carbonyl (C=O) groups is 1. The maximum atomic E-state index is 12.7. The Labute approximate surface area is 199 Å². The zero-order chi connectivity index (χ0) is 23.6. The average molecular weight is 500 g/mol. The Hall–Kier alpha value is -3.08. The molecule has 1 amide bonds. The predicted molar refractivity (Wildman–Crippen MR) is 132 cm³/mol. The zero-order valence-corrected chi connectivity index (χ0v) is 20.1. The summed E-state index contributed by atoms with van der Waals surface area (Å²) in [6, 6.07) is 15.5. The molecule has 0 unspecified atom stereocenters. The third-order valence-corrected chi connectivity index (χ3v) is 7.55. The summed E-state index contributed by atoms with van der Waals surface area (Å²) in [5.41, 5.74) is 2.91. The SMILES string of the molecule is CS(=O)(=O)c1ccc(CCNC(=O)c2ccc(Cn3c(=S)[nH]c4ccsc4c3=O)cc2)cc1. The Morgan fingerprint density at radius 3 is 2.39 bits per heavy atom. The van der Waals surface area contributed by atoms with E-state index in [2.05, 4.69) is 10.3 Å². The highest BCUT2D eigenvalue weighted by atomic mass is 32.2. The van der Waals surface area contributed by atoms with E-state index >= 15 is 0 Å². The van der Waals surface area contributed by atoms with Crippen LogP contribution in [0.2, 0.25) is 0 Å². The molecule has 0 aliphatic carbocycles. The van der Waals surface area contributed by atoms with Crippen molar-refractivity contribution in [2.24, 2.45) is 0 Å². The molecular weight excluding hydrogens is 478 g/mol. The molecule has 170 valence electrons. The number of fused-ring (bicyclic) bond motifs is 1. The van der Waals surface area contributed by atoms with Crippen LogP contribution < -0.4 is 10.9 Å². The van der Waals surface area contributed by atoms with Gasteiger partial charge >= 0.3 is 0 Å². The van der Waals surface area contributed by atoms with Gasteiger partial charge in [-0.2, -0.15) is 0 Å². The second kappa shape index (κ2) is 9.42. The fourth-order valence-corrected chi connectivity index (χ4v) is 5.07. The molecule has 2 aromatic carbocycles. The summed E-state index contributed by atoms with van der Waals surface area (Å²) in [6.07, 6.45) is 1.75. The quantitative estimate of drug-likeness (QED) is 0.379. The molecule has 2 aromatic heterocycles. The zero-order valence-electron chi connectivity index (χ0n) is 17.7. The lowest BCUT2D eigenvalue weighted by atomic mass is 10.1. The van der Waals surface area contributed by atoms with Crippen molar-refractivity contribution in [1.29, 1.82) is 0 Å². The number of nitrogens with one attached hydrogen (secondary N) is 2. The van der Waals surface area contributed by atoms with Crippen LogP contribution in [0.5, 0.6) is 0 Å². The molecule has 0 atom stereocenters. The number of thiophene rings is 1. The van der Waals surface area contributed by atoms with Crippen LogP contribution in [0.1, 0.15) is 21.5 Å². The number of amides is 1. The minimum Gasteiger partial charge on any atom is -0.352 e. The maximum Gasteiger partial charge on any atom is 0.272 e. The Morgan fingerprint density at radius 2 is 1.73 bits per heavy atom. The summed E-state index contributed by atoms with van der Waals surface area (Å²) < 4.78 is 25.6. The first-order valence-corrected chi connectivity index (χ1v) is 13.3. The summed E-state index contributed by atoms with van der Waals surface area (Å²) in [5.74, 6) is -0.205. The number of benzene rings is 2. The second-order valence-corrected chi connectivity index (χ2v) is 10.9. The molecule has 2 N–H and O–H groups in total. The second-order valence-electron chi connectivity index (χ2n) is 7.60. The number of H-pyrrole nitrogens is 1. The molecule has 0 bridgehead atoms. The van der Waals surface area contributed by atoms with Gasteiger partial charge in [-0.05, 0) is 65.5 Å². The van der Waals surface area contributed by atoms with Crippen LogP contribution in [0.15, 0.2) is 69.7 Å². The van der Waals surface area contributed by atoms with Crippen molar-refractivity contribution in [2.45, 2.75) is 17.9 Å². The van der Waals surface area contributed by atoms with Crippen LogP contribution in [0.25, 0.3) is 10.2 Å². The van der Waals surface area contributed by atoms with Crippen molar-refractivity contribution < 1.29 is 13.2 Å². The van der Waals surface area contributed by atoms with Crippen molar-refractivity contribution in [2.75, 3.05) is 12.8 Å². The smallest absolute Gasteiger partial charge is 0.272 e. The van der Waals surface area contributed by atoms with Gasteiger partial charge in [-0.1, -0.05) is 24.3 Å². The van der Waals surface area contributed by atoms with Crippen LogP contribution in [-0.2, 0) is 22.8 Å². The van der Waals surface area contributed by atoms with E-state index < -0.39 is 9.84 Å². The van der Waals surface area contributed by atoms with E-state index in [4.69, 9.17) is 12.2 Å². The average Bonchev–Trinajstić information content (AvgIpc) is 3.25. The van der Waals surface area contributed by atoms with Crippen molar-refractivity contribution in [1.82, 2.24) is 14.9 Å². The fraction of sp³-hybridized carbons (Fsp3) is 0.174. The van der Waals surface area contributed by atoms with Crippen molar-refractivity contribution in [3.8, 4) is 0 Å². The molecule has 0 spiro atoms. The Kier molecular flexibility index (Phi) is 6.59. The van der Waals surface area contributed by atoms with Crippen LogP contribution in [-0.4, -0.2) is 36.7 Å². The van der Waals surface area contributed by atoms with Crippen molar-refractivity contribution >= 4 is 49.5 Å². The van der Waals surface area contributed by atoms with Gasteiger partial charge in [0.1, 0.15) is 4.70 Å². The van der Waals surface area contributed by atoms with Gasteiger partial charge in [0.25, 0.3) is 11.5 Å². The molecule has 0 fully saturated rings. The molecule has 0 saturated carbocycles. The minimum absolute atomic E-state index is 0.130. The predicted octanol–water partition coefficient (Wildman–Crippen LogP) is 3.54. The Morgan fingerprint density at radius 1 is 1.06 bits per heavy atom. The first kappa shape index (κ1) is 23.1. The summed E-state index contributed by atoms with van der Waals surface area (Å²) in [4.78, 5) is 28.5. The largest absolute Gasteiger partial charge is 0.352 e. The summed E-state index contributed by atoms with van der Waals surface area (Å²) in [6.45, 7) is 0.734. The molecule has 4 aromatic rings. The third kappa shape index (κ3) is 5.29. The normalized spacial score (nSPS) is 11.5. The van der Waals surface area contributed by atoms with E-state index in [0.29, 0.717) is 34.5 Å². The number of aromatic amines is 1. The number of nitrogens with zero attached hydrogens (tertiary/aromatic N) is 1. The molecule has 0 saturated heterocycles. The number of hydrogen-bond acceptors (Lipinski definition) is 6. The lowest BCUT2D eigenvalue weighted by Gasteiger charge is -2.09. The standard InChI is InChI=1S/C23H21N3O4S3/c1-33(29,30)18-8-4-15(5-9-18)10-12-24-21(27)17-6-2-16(3-7-17)14-26-22(28)20-19(11-13-32-20)25-23(26)31/h2-9,11,13H,10,12,14H2,1H3,(H,24,27)(H,25,31). The van der Waals surface area contributed by atoms with E-state index in [1.54, 1.807) is 48.5 Å². The van der Waals surface area contributed by atoms with Crippen molar-refractivity contribution in [3.63, 3.8) is 0 Å². The molecule has 7 nitrogen and oxygen atoms in total. The summed E-state index contributed by atoms with van der Waals surface area (Å²) in [5, 5.41) is 4.71. The molecule has 10 heteroatoms. The summed E-state index contributed by atoms with van der Waals surface area (Å²) in [7, 11) is -3.22. The monoisotopic (exact) mass is 499 g/mol. The van der Waals surface area contributed by atoms with Crippen LogP contribution in [0.4, 0.5) is 0 Å². The van der Waals surface area contributed by atoms with Gasteiger partial charge < -0.3 is 10.3 Å². The number of sulfone groups is 1. The third-order valence-electron chi connectivity index (χ3n) is 5.20. The topological polar surface area (TPSA) is 101 Å². The van der Waals surface area contributed by atoms with Crippen LogP contribution in [0.3, 0.4) is 0 Å². The molecule has 0 aliphatic rings. The number of carbonyl (C=O) groups excluding carboxylic acids is 1. The number of hydrogen-bond donors (Lipinski definition) is 2. The highest BCUT2D eigenvalue weighted by Crippen LogP contribution is 2.15. The van der Waals surface area contributed by atoms with Gasteiger partial charge in [-0.3, -0.25) is 14.2 Å². The highest BCUT2D eigenvalue weighted by Gasteiger charge is 2.10. The van der Waals surface area contributed by atoms with Gasteiger partial charge in [0.05, 0.1) is 17.0 Å².